The Morgan fingerprint density at radius 2 is 2.05 bits per heavy atom. The van der Waals surface area contributed by atoms with Gasteiger partial charge in [0.05, 0.1) is 11.9 Å². The fourth-order valence-corrected chi connectivity index (χ4v) is 3.30. The van der Waals surface area contributed by atoms with Gasteiger partial charge < -0.3 is 5.32 Å². The molecule has 1 N–H and O–H groups in total. The summed E-state index contributed by atoms with van der Waals surface area (Å²) in [5.41, 5.74) is 2.42. The number of rotatable bonds is 6. The van der Waals surface area contributed by atoms with Crippen molar-refractivity contribution >= 4 is 21.6 Å². The number of carbonyl (C=O) groups is 1. The quantitative estimate of drug-likeness (QED) is 0.868. The molecule has 0 saturated heterocycles. The summed E-state index contributed by atoms with van der Waals surface area (Å²) in [5, 5.41) is 2.84. The van der Waals surface area contributed by atoms with E-state index in [-0.39, 0.29) is 18.5 Å². The molecule has 6 heteroatoms. The number of para-hydroxylation sites is 1. The average Bonchev–Trinajstić information content (AvgIpc) is 3.18. The molecule has 5 nitrogen and oxygen atoms in total. The number of sulfonamides is 1. The van der Waals surface area contributed by atoms with Crippen molar-refractivity contribution in [2.24, 2.45) is 0 Å². The van der Waals surface area contributed by atoms with Crippen LogP contribution >= 0.6 is 0 Å². The number of benzene rings is 1. The van der Waals surface area contributed by atoms with Gasteiger partial charge in [-0.05, 0) is 37.3 Å². The molecule has 1 aromatic rings. The molecular formula is C15H22N2O3S. The summed E-state index contributed by atoms with van der Waals surface area (Å²) >= 11 is 0. The molecule has 1 aromatic carbocycles. The summed E-state index contributed by atoms with van der Waals surface area (Å²) in [7, 11) is -3.51. The minimum Gasteiger partial charge on any atom is -0.352 e. The van der Waals surface area contributed by atoms with Crippen LogP contribution in [-0.2, 0) is 21.2 Å². The van der Waals surface area contributed by atoms with E-state index in [9.17, 15) is 13.2 Å². The predicted molar refractivity (Wildman–Crippen MR) is 83.9 cm³/mol. The Kier molecular flexibility index (Phi) is 4.56. The molecule has 1 aliphatic carbocycles. The van der Waals surface area contributed by atoms with Crippen LogP contribution < -0.4 is 9.62 Å². The fraction of sp³-hybridized carbons (Fsp3) is 0.533. The molecule has 21 heavy (non-hydrogen) atoms. The van der Waals surface area contributed by atoms with Gasteiger partial charge in [0.15, 0.2) is 0 Å². The maximum Gasteiger partial charge on any atom is 0.240 e. The summed E-state index contributed by atoms with van der Waals surface area (Å²) in [4.78, 5) is 12.0. The minimum atomic E-state index is -3.51. The largest absolute Gasteiger partial charge is 0.352 e. The summed E-state index contributed by atoms with van der Waals surface area (Å²) in [6, 6.07) is 5.90. The van der Waals surface area contributed by atoms with Crippen molar-refractivity contribution in [2.75, 3.05) is 17.1 Å². The number of hydrogen-bond acceptors (Lipinski definition) is 3. The Hall–Kier alpha value is -1.56. The first-order chi connectivity index (χ1) is 9.82. The minimum absolute atomic E-state index is 0.160. The van der Waals surface area contributed by atoms with Crippen molar-refractivity contribution in [1.82, 2.24) is 5.32 Å². The van der Waals surface area contributed by atoms with E-state index in [1.54, 1.807) is 0 Å². The van der Waals surface area contributed by atoms with Crippen LogP contribution in [0.4, 0.5) is 5.69 Å². The fourth-order valence-electron chi connectivity index (χ4n) is 2.36. The Bertz CT molecular complexity index is 636. The number of aryl methyl sites for hydroxylation is 2. The lowest BCUT2D eigenvalue weighted by Crippen LogP contribution is -2.41. The van der Waals surface area contributed by atoms with Crippen LogP contribution in [0.2, 0.25) is 0 Å². The highest BCUT2D eigenvalue weighted by Gasteiger charge is 2.28. The van der Waals surface area contributed by atoms with E-state index in [0.29, 0.717) is 12.1 Å². The topological polar surface area (TPSA) is 66.5 Å². The molecule has 1 amide bonds. The molecule has 1 fully saturated rings. The maximum atomic E-state index is 12.1. The van der Waals surface area contributed by atoms with Crippen molar-refractivity contribution in [3.63, 3.8) is 0 Å². The van der Waals surface area contributed by atoms with Gasteiger partial charge in [-0.15, -0.1) is 0 Å². The lowest BCUT2D eigenvalue weighted by atomic mass is 10.1. The molecule has 0 radical (unpaired) electrons. The SMILES string of the molecule is CCc1cccc(C)c1N(CC(=O)NC1CC1)S(C)(=O)=O. The van der Waals surface area contributed by atoms with E-state index in [1.807, 2.05) is 32.0 Å². The first-order valence-corrected chi connectivity index (χ1v) is 9.03. The van der Waals surface area contributed by atoms with Crippen LogP contribution in [0.15, 0.2) is 18.2 Å². The number of nitrogens with one attached hydrogen (secondary N) is 1. The van der Waals surface area contributed by atoms with Crippen LogP contribution in [-0.4, -0.2) is 33.2 Å². The number of carbonyl (C=O) groups excluding carboxylic acids is 1. The van der Waals surface area contributed by atoms with Gasteiger partial charge in [0.2, 0.25) is 15.9 Å². The van der Waals surface area contributed by atoms with E-state index in [2.05, 4.69) is 5.32 Å². The Balaban J connectivity index is 2.34. The van der Waals surface area contributed by atoms with Crippen molar-refractivity contribution in [3.05, 3.63) is 29.3 Å². The van der Waals surface area contributed by atoms with Gasteiger partial charge in [0.1, 0.15) is 6.54 Å². The zero-order valence-electron chi connectivity index (χ0n) is 12.7. The Morgan fingerprint density at radius 3 is 2.57 bits per heavy atom. The predicted octanol–water partition coefficient (Wildman–Crippen LogP) is 1.60. The first kappa shape index (κ1) is 15.8. The Morgan fingerprint density at radius 1 is 1.38 bits per heavy atom. The van der Waals surface area contributed by atoms with Crippen molar-refractivity contribution in [3.8, 4) is 0 Å². The molecule has 1 saturated carbocycles. The van der Waals surface area contributed by atoms with Gasteiger partial charge in [-0.25, -0.2) is 8.42 Å². The summed E-state index contributed by atoms with van der Waals surface area (Å²) in [6.07, 6.45) is 3.82. The molecule has 0 spiro atoms. The average molecular weight is 310 g/mol. The van der Waals surface area contributed by atoms with E-state index in [0.717, 1.165) is 30.2 Å². The van der Waals surface area contributed by atoms with Gasteiger partial charge >= 0.3 is 0 Å². The molecule has 1 aliphatic rings. The van der Waals surface area contributed by atoms with Crippen molar-refractivity contribution < 1.29 is 13.2 Å². The molecule has 0 aromatic heterocycles. The van der Waals surface area contributed by atoms with Crippen LogP contribution in [0.3, 0.4) is 0 Å². The third kappa shape index (κ3) is 3.97. The second-order valence-electron chi connectivity index (χ2n) is 5.55. The second-order valence-corrected chi connectivity index (χ2v) is 7.45. The summed E-state index contributed by atoms with van der Waals surface area (Å²) in [6.45, 7) is 3.68. The van der Waals surface area contributed by atoms with Gasteiger partial charge in [0, 0.05) is 6.04 Å². The molecule has 0 atom stereocenters. The van der Waals surface area contributed by atoms with Gasteiger partial charge in [-0.1, -0.05) is 25.1 Å². The number of amides is 1. The van der Waals surface area contributed by atoms with Crippen molar-refractivity contribution in [2.45, 2.75) is 39.2 Å². The smallest absolute Gasteiger partial charge is 0.240 e. The first-order valence-electron chi connectivity index (χ1n) is 7.18. The highest BCUT2D eigenvalue weighted by atomic mass is 32.2. The van der Waals surface area contributed by atoms with Gasteiger partial charge in [-0.3, -0.25) is 9.10 Å². The highest BCUT2D eigenvalue weighted by molar-refractivity contribution is 7.92. The summed E-state index contributed by atoms with van der Waals surface area (Å²) in [5.74, 6) is -0.242. The van der Waals surface area contributed by atoms with E-state index < -0.39 is 10.0 Å². The maximum absolute atomic E-state index is 12.1. The van der Waals surface area contributed by atoms with Crippen molar-refractivity contribution in [1.29, 1.82) is 0 Å². The van der Waals surface area contributed by atoms with Crippen LogP contribution in [0.5, 0.6) is 0 Å². The molecule has 0 heterocycles. The van der Waals surface area contributed by atoms with Crippen LogP contribution in [0, 0.1) is 6.92 Å². The molecule has 0 aliphatic heterocycles. The Labute approximate surface area is 126 Å². The van der Waals surface area contributed by atoms with E-state index >= 15 is 0 Å². The number of nitrogens with zero attached hydrogens (tertiary/aromatic N) is 1. The number of anilines is 1. The molecule has 0 bridgehead atoms. The monoisotopic (exact) mass is 310 g/mol. The zero-order valence-corrected chi connectivity index (χ0v) is 13.5. The normalized spacial score (nSPS) is 14.8. The molecule has 2 rings (SSSR count). The third-order valence-corrected chi connectivity index (χ3v) is 4.69. The van der Waals surface area contributed by atoms with Gasteiger partial charge in [0.25, 0.3) is 0 Å². The lowest BCUT2D eigenvalue weighted by Gasteiger charge is -2.26. The van der Waals surface area contributed by atoms with E-state index in [4.69, 9.17) is 0 Å². The summed E-state index contributed by atoms with van der Waals surface area (Å²) < 4.78 is 25.5. The molecular weight excluding hydrogens is 288 g/mol. The van der Waals surface area contributed by atoms with Crippen LogP contribution in [0.25, 0.3) is 0 Å². The van der Waals surface area contributed by atoms with Gasteiger partial charge in [-0.2, -0.15) is 0 Å². The van der Waals surface area contributed by atoms with Crippen LogP contribution in [0.1, 0.15) is 30.9 Å². The standard InChI is InChI=1S/C15H22N2O3S/c1-4-12-7-5-6-11(2)15(12)17(21(3,19)20)10-14(18)16-13-8-9-13/h5-7,13H,4,8-10H2,1-3H3,(H,16,18). The zero-order chi connectivity index (χ0) is 15.6. The second kappa shape index (κ2) is 6.05. The highest BCUT2D eigenvalue weighted by Crippen LogP contribution is 2.28. The molecule has 0 unspecified atom stereocenters. The third-order valence-electron chi connectivity index (χ3n) is 3.58. The number of hydrogen-bond donors (Lipinski definition) is 1. The van der Waals surface area contributed by atoms with E-state index in [1.165, 1.54) is 4.31 Å². The lowest BCUT2D eigenvalue weighted by molar-refractivity contribution is -0.119. The molecule has 116 valence electrons.